The number of benzene rings is 2. The lowest BCUT2D eigenvalue weighted by atomic mass is 10.1. The summed E-state index contributed by atoms with van der Waals surface area (Å²) in [5.41, 5.74) is 3.39. The molecule has 0 fully saturated rings. The van der Waals surface area contributed by atoms with E-state index in [1.165, 1.54) is 31.2 Å². The van der Waals surface area contributed by atoms with Gasteiger partial charge in [0.1, 0.15) is 12.4 Å². The van der Waals surface area contributed by atoms with Crippen LogP contribution in [0.1, 0.15) is 62.6 Å². The van der Waals surface area contributed by atoms with Crippen molar-refractivity contribution in [2.45, 2.75) is 52.4 Å². The first-order valence-corrected chi connectivity index (χ1v) is 9.80. The average molecular weight is 347 g/mol. The fraction of sp³-hybridized carbons (Fsp3) is 0.360. The molecule has 0 spiro atoms. The Labute approximate surface area is 159 Å². The molecule has 0 bridgehead atoms. The third-order valence-electron chi connectivity index (χ3n) is 4.30. The van der Waals surface area contributed by atoms with Gasteiger partial charge in [-0.05, 0) is 61.2 Å². The molecule has 0 N–H and O–H groups in total. The van der Waals surface area contributed by atoms with Crippen LogP contribution >= 0.6 is 0 Å². The first-order valence-electron chi connectivity index (χ1n) is 9.80. The van der Waals surface area contributed by atoms with Crippen LogP contribution in [0.3, 0.4) is 0 Å². The van der Waals surface area contributed by atoms with E-state index in [4.69, 9.17) is 4.74 Å². The van der Waals surface area contributed by atoms with Crippen LogP contribution in [0, 0.1) is 11.8 Å². The van der Waals surface area contributed by atoms with Gasteiger partial charge in [0.2, 0.25) is 0 Å². The topological polar surface area (TPSA) is 9.23 Å². The molecule has 0 aliphatic rings. The first kappa shape index (κ1) is 19.9. The first-order chi connectivity index (χ1) is 12.8. The summed E-state index contributed by atoms with van der Waals surface area (Å²) in [5, 5.41) is 0. The molecule has 0 amide bonds. The second-order valence-corrected chi connectivity index (χ2v) is 6.46. The van der Waals surface area contributed by atoms with E-state index in [2.05, 4.69) is 62.1 Å². The molecule has 0 radical (unpaired) electrons. The number of hydrogen-bond acceptors (Lipinski definition) is 1. The van der Waals surface area contributed by atoms with E-state index in [0.717, 1.165) is 29.7 Å². The van der Waals surface area contributed by atoms with Gasteiger partial charge in [-0.3, -0.25) is 0 Å². The fourth-order valence-corrected chi connectivity index (χ4v) is 2.62. The van der Waals surface area contributed by atoms with Gasteiger partial charge >= 0.3 is 0 Å². The molecule has 2 rings (SSSR count). The summed E-state index contributed by atoms with van der Waals surface area (Å²) in [6.07, 6.45) is 11.8. The number of unbranched alkanes of at least 4 members (excludes halogenated alkanes) is 4. The second-order valence-electron chi connectivity index (χ2n) is 6.46. The maximum atomic E-state index is 5.74. The Bertz CT molecular complexity index is 711. The SMILES string of the molecule is CCCCCCC=CCOc1ccc(C#Cc2ccc(CC)cc2)cc1. The highest BCUT2D eigenvalue weighted by molar-refractivity contribution is 5.44. The second kappa shape index (κ2) is 12.0. The van der Waals surface area contributed by atoms with E-state index in [9.17, 15) is 0 Å². The highest BCUT2D eigenvalue weighted by atomic mass is 16.5. The van der Waals surface area contributed by atoms with Gasteiger partial charge in [-0.15, -0.1) is 0 Å². The molecule has 0 atom stereocenters. The summed E-state index contributed by atoms with van der Waals surface area (Å²) in [6.45, 7) is 5.03. The van der Waals surface area contributed by atoms with E-state index in [-0.39, 0.29) is 0 Å². The molecule has 0 heterocycles. The Kier molecular flexibility index (Phi) is 9.15. The van der Waals surface area contributed by atoms with Gasteiger partial charge in [0.15, 0.2) is 0 Å². The maximum Gasteiger partial charge on any atom is 0.119 e. The molecule has 136 valence electrons. The Morgan fingerprint density at radius 1 is 0.769 bits per heavy atom. The third kappa shape index (κ3) is 7.62. The predicted molar refractivity (Wildman–Crippen MR) is 112 cm³/mol. The number of rotatable bonds is 9. The third-order valence-corrected chi connectivity index (χ3v) is 4.30. The van der Waals surface area contributed by atoms with Crippen molar-refractivity contribution in [3.05, 3.63) is 77.4 Å². The van der Waals surface area contributed by atoms with Crippen molar-refractivity contribution in [2.75, 3.05) is 6.61 Å². The van der Waals surface area contributed by atoms with Crippen molar-refractivity contribution >= 4 is 0 Å². The zero-order chi connectivity index (χ0) is 18.5. The van der Waals surface area contributed by atoms with Crippen LogP contribution in [0.25, 0.3) is 0 Å². The molecule has 0 saturated heterocycles. The van der Waals surface area contributed by atoms with Crippen LogP contribution in [0.2, 0.25) is 0 Å². The van der Waals surface area contributed by atoms with E-state index in [1.807, 2.05) is 24.3 Å². The number of hydrogen-bond donors (Lipinski definition) is 0. The van der Waals surface area contributed by atoms with E-state index in [1.54, 1.807) is 0 Å². The van der Waals surface area contributed by atoms with Crippen LogP contribution in [0.15, 0.2) is 60.7 Å². The molecule has 2 aromatic carbocycles. The van der Waals surface area contributed by atoms with Gasteiger partial charge in [0.25, 0.3) is 0 Å². The monoisotopic (exact) mass is 346 g/mol. The summed E-state index contributed by atoms with van der Waals surface area (Å²) in [6, 6.07) is 16.4. The van der Waals surface area contributed by atoms with Crippen LogP contribution in [0.5, 0.6) is 5.75 Å². The van der Waals surface area contributed by atoms with Crippen LogP contribution in [0.4, 0.5) is 0 Å². The number of aryl methyl sites for hydroxylation is 1. The predicted octanol–water partition coefficient (Wildman–Crippen LogP) is 6.55. The normalized spacial score (nSPS) is 10.5. The van der Waals surface area contributed by atoms with Crippen molar-refractivity contribution in [1.29, 1.82) is 0 Å². The molecule has 0 unspecified atom stereocenters. The Morgan fingerprint density at radius 3 is 2.04 bits per heavy atom. The highest BCUT2D eigenvalue weighted by Gasteiger charge is 1.93. The summed E-state index contributed by atoms with van der Waals surface area (Å²) in [4.78, 5) is 0. The summed E-state index contributed by atoms with van der Waals surface area (Å²) in [5.74, 6) is 7.30. The zero-order valence-corrected chi connectivity index (χ0v) is 16.1. The molecule has 1 heteroatoms. The Hall–Kier alpha value is -2.46. The van der Waals surface area contributed by atoms with Crippen molar-refractivity contribution in [2.24, 2.45) is 0 Å². The van der Waals surface area contributed by atoms with Gasteiger partial charge in [0.05, 0.1) is 0 Å². The van der Waals surface area contributed by atoms with Crippen molar-refractivity contribution in [3.8, 4) is 17.6 Å². The lowest BCUT2D eigenvalue weighted by Crippen LogP contribution is -1.93. The minimum atomic E-state index is 0.628. The van der Waals surface area contributed by atoms with Gasteiger partial charge in [0, 0.05) is 11.1 Å². The minimum absolute atomic E-state index is 0.628. The van der Waals surface area contributed by atoms with Gasteiger partial charge in [-0.25, -0.2) is 0 Å². The smallest absolute Gasteiger partial charge is 0.119 e. The maximum absolute atomic E-state index is 5.74. The standard InChI is InChI=1S/C25H30O/c1-3-5-6-7-8-9-10-21-26-25-19-17-24(18-20-25)16-15-23-13-11-22(4-2)12-14-23/h9-14,17-20H,3-8,21H2,1-2H3. The summed E-state index contributed by atoms with van der Waals surface area (Å²) < 4.78 is 5.74. The van der Waals surface area contributed by atoms with E-state index < -0.39 is 0 Å². The molecule has 0 saturated carbocycles. The van der Waals surface area contributed by atoms with Crippen LogP contribution in [-0.4, -0.2) is 6.61 Å². The van der Waals surface area contributed by atoms with Gasteiger partial charge in [-0.2, -0.15) is 0 Å². The minimum Gasteiger partial charge on any atom is -0.490 e. The molecule has 0 aromatic heterocycles. The molecule has 1 nitrogen and oxygen atoms in total. The number of ether oxygens (including phenoxy) is 1. The Morgan fingerprint density at radius 2 is 1.42 bits per heavy atom. The summed E-state index contributed by atoms with van der Waals surface area (Å²) in [7, 11) is 0. The van der Waals surface area contributed by atoms with E-state index >= 15 is 0 Å². The van der Waals surface area contributed by atoms with Crippen molar-refractivity contribution in [3.63, 3.8) is 0 Å². The lowest BCUT2D eigenvalue weighted by molar-refractivity contribution is 0.362. The quantitative estimate of drug-likeness (QED) is 0.284. The number of allylic oxidation sites excluding steroid dienone is 1. The van der Waals surface area contributed by atoms with Gasteiger partial charge in [-0.1, -0.05) is 69.2 Å². The molecular weight excluding hydrogens is 316 g/mol. The fourth-order valence-electron chi connectivity index (χ4n) is 2.62. The van der Waals surface area contributed by atoms with Crippen LogP contribution in [-0.2, 0) is 6.42 Å². The molecule has 2 aromatic rings. The molecule has 0 aliphatic carbocycles. The van der Waals surface area contributed by atoms with Crippen LogP contribution < -0.4 is 4.74 Å². The van der Waals surface area contributed by atoms with Crippen molar-refractivity contribution < 1.29 is 4.74 Å². The Balaban J connectivity index is 1.76. The molecule has 26 heavy (non-hydrogen) atoms. The molecule has 0 aliphatic heterocycles. The van der Waals surface area contributed by atoms with Crippen molar-refractivity contribution in [1.82, 2.24) is 0 Å². The van der Waals surface area contributed by atoms with E-state index in [0.29, 0.717) is 6.61 Å². The zero-order valence-electron chi connectivity index (χ0n) is 16.1. The largest absolute Gasteiger partial charge is 0.490 e. The molecular formula is C25H30O. The highest BCUT2D eigenvalue weighted by Crippen LogP contribution is 2.12. The average Bonchev–Trinajstić information content (AvgIpc) is 2.69. The lowest BCUT2D eigenvalue weighted by Gasteiger charge is -2.02. The van der Waals surface area contributed by atoms with Gasteiger partial charge < -0.3 is 4.74 Å². The summed E-state index contributed by atoms with van der Waals surface area (Å²) >= 11 is 0.